The van der Waals surface area contributed by atoms with Gasteiger partial charge in [-0.05, 0) is 74.4 Å². The second-order valence-corrected chi connectivity index (χ2v) is 10.8. The first-order chi connectivity index (χ1) is 17.6. The van der Waals surface area contributed by atoms with Gasteiger partial charge < -0.3 is 20.1 Å². The number of benzene rings is 1. The zero-order valence-corrected chi connectivity index (χ0v) is 22.6. The van der Waals surface area contributed by atoms with Crippen LogP contribution in [-0.4, -0.2) is 47.3 Å². The molecular weight excluding hydrogens is 464 g/mol. The van der Waals surface area contributed by atoms with Crippen LogP contribution in [-0.2, 0) is 11.2 Å². The molecule has 0 atom stereocenters. The summed E-state index contributed by atoms with van der Waals surface area (Å²) in [6, 6.07) is 10.1. The highest BCUT2D eigenvalue weighted by Gasteiger charge is 2.29. The number of nitrogens with zero attached hydrogens (tertiary/aromatic N) is 3. The van der Waals surface area contributed by atoms with Crippen molar-refractivity contribution in [3.05, 3.63) is 65.1 Å². The van der Waals surface area contributed by atoms with E-state index in [1.165, 1.54) is 11.1 Å². The molecule has 0 saturated carbocycles. The number of piperidine rings is 1. The Bertz CT molecular complexity index is 1240. The number of nitrogens with one attached hydrogen (secondary N) is 1. The van der Waals surface area contributed by atoms with E-state index in [-0.39, 0.29) is 6.42 Å². The molecule has 1 aliphatic rings. The van der Waals surface area contributed by atoms with Crippen LogP contribution < -0.4 is 15.0 Å². The standard InChI is InChI=1S/C30H38N4O3/c1-20-6-8-24(16-21(20)2)37-15-12-31-23-7-9-27(33-18-23)26-19-32-22(3)25(17-28(35)36)29(26)34-13-10-30(4,5)11-14-34/h6-9,16,18-19,31H,10-15,17H2,1-5H3,(H,35,36). The van der Waals surface area contributed by atoms with E-state index >= 15 is 0 Å². The van der Waals surface area contributed by atoms with Crippen molar-refractivity contribution < 1.29 is 14.6 Å². The summed E-state index contributed by atoms with van der Waals surface area (Å²) in [5, 5.41) is 13.0. The van der Waals surface area contributed by atoms with Gasteiger partial charge in [-0.2, -0.15) is 0 Å². The topological polar surface area (TPSA) is 87.6 Å². The Morgan fingerprint density at radius 2 is 1.81 bits per heavy atom. The number of carboxylic acids is 1. The molecule has 3 aromatic rings. The van der Waals surface area contributed by atoms with E-state index in [1.54, 1.807) is 0 Å². The Labute approximate surface area is 219 Å². The molecule has 0 spiro atoms. The largest absolute Gasteiger partial charge is 0.492 e. The first-order valence-corrected chi connectivity index (χ1v) is 13.0. The number of carbonyl (C=O) groups is 1. The summed E-state index contributed by atoms with van der Waals surface area (Å²) in [6.45, 7) is 13.6. The summed E-state index contributed by atoms with van der Waals surface area (Å²) in [6.07, 6.45) is 5.71. The number of carboxylic acid groups (broad SMARTS) is 1. The Hall–Kier alpha value is -3.61. The molecule has 2 N–H and O–H groups in total. The smallest absolute Gasteiger partial charge is 0.307 e. The number of pyridine rings is 2. The van der Waals surface area contributed by atoms with Crippen LogP contribution in [0.15, 0.2) is 42.7 Å². The van der Waals surface area contributed by atoms with Crippen molar-refractivity contribution >= 4 is 17.3 Å². The van der Waals surface area contributed by atoms with E-state index in [0.717, 1.165) is 65.6 Å². The van der Waals surface area contributed by atoms with Crippen molar-refractivity contribution in [2.24, 2.45) is 5.41 Å². The van der Waals surface area contributed by atoms with E-state index in [9.17, 15) is 9.90 Å². The third-order valence-electron chi connectivity index (χ3n) is 7.34. The lowest BCUT2D eigenvalue weighted by molar-refractivity contribution is -0.136. The Morgan fingerprint density at radius 3 is 2.46 bits per heavy atom. The molecule has 1 fully saturated rings. The molecule has 0 unspecified atom stereocenters. The van der Waals surface area contributed by atoms with Gasteiger partial charge in [0.05, 0.1) is 29.7 Å². The van der Waals surface area contributed by atoms with Crippen LogP contribution in [0.25, 0.3) is 11.3 Å². The third kappa shape index (κ3) is 6.59. The molecule has 1 aromatic carbocycles. The molecule has 7 heteroatoms. The number of rotatable bonds is 9. The zero-order valence-electron chi connectivity index (χ0n) is 22.6. The van der Waals surface area contributed by atoms with Gasteiger partial charge >= 0.3 is 5.97 Å². The monoisotopic (exact) mass is 502 g/mol. The molecule has 7 nitrogen and oxygen atoms in total. The summed E-state index contributed by atoms with van der Waals surface area (Å²) in [5.41, 5.74) is 7.82. The number of aryl methyl sites for hydroxylation is 3. The minimum absolute atomic E-state index is 0.0535. The van der Waals surface area contributed by atoms with Gasteiger partial charge in [-0.1, -0.05) is 19.9 Å². The predicted octanol–water partition coefficient (Wildman–Crippen LogP) is 5.81. The maximum absolute atomic E-state index is 11.7. The fourth-order valence-electron chi connectivity index (χ4n) is 4.71. The third-order valence-corrected chi connectivity index (χ3v) is 7.34. The molecule has 37 heavy (non-hydrogen) atoms. The van der Waals surface area contributed by atoms with Crippen LogP contribution in [0.4, 0.5) is 11.4 Å². The van der Waals surface area contributed by atoms with Crippen molar-refractivity contribution in [1.82, 2.24) is 9.97 Å². The van der Waals surface area contributed by atoms with E-state index in [4.69, 9.17) is 9.72 Å². The molecule has 4 rings (SSSR count). The molecule has 0 radical (unpaired) electrons. The lowest BCUT2D eigenvalue weighted by atomic mass is 9.82. The van der Waals surface area contributed by atoms with Gasteiger partial charge in [-0.25, -0.2) is 0 Å². The second-order valence-electron chi connectivity index (χ2n) is 10.8. The summed E-state index contributed by atoms with van der Waals surface area (Å²) >= 11 is 0. The molecule has 196 valence electrons. The molecule has 0 bridgehead atoms. The number of ether oxygens (including phenoxy) is 1. The van der Waals surface area contributed by atoms with E-state index in [0.29, 0.717) is 18.6 Å². The zero-order chi connectivity index (χ0) is 26.6. The Morgan fingerprint density at radius 1 is 1.05 bits per heavy atom. The molecular formula is C30H38N4O3. The van der Waals surface area contributed by atoms with Gasteiger partial charge in [0, 0.05) is 42.7 Å². The predicted molar refractivity (Wildman–Crippen MR) is 149 cm³/mol. The van der Waals surface area contributed by atoms with Crippen LogP contribution in [0.2, 0.25) is 0 Å². The van der Waals surface area contributed by atoms with Crippen molar-refractivity contribution in [3.63, 3.8) is 0 Å². The fourth-order valence-corrected chi connectivity index (χ4v) is 4.71. The summed E-state index contributed by atoms with van der Waals surface area (Å²) < 4.78 is 5.87. The second kappa shape index (κ2) is 11.2. The summed E-state index contributed by atoms with van der Waals surface area (Å²) in [5.74, 6) is 0.0206. The lowest BCUT2D eigenvalue weighted by Crippen LogP contribution is -2.38. The van der Waals surface area contributed by atoms with E-state index < -0.39 is 5.97 Å². The SMILES string of the molecule is Cc1ccc(OCCNc2ccc(-c3cnc(C)c(CC(=O)O)c3N3CCC(C)(C)CC3)nc2)cc1C. The summed E-state index contributed by atoms with van der Waals surface area (Å²) in [7, 11) is 0. The minimum atomic E-state index is -0.851. The molecule has 0 aliphatic carbocycles. The number of aromatic nitrogens is 2. The van der Waals surface area contributed by atoms with Gasteiger partial charge in [0.1, 0.15) is 12.4 Å². The quantitative estimate of drug-likeness (QED) is 0.357. The number of hydrogen-bond donors (Lipinski definition) is 2. The van der Waals surface area contributed by atoms with Crippen LogP contribution in [0, 0.1) is 26.2 Å². The maximum atomic E-state index is 11.7. The van der Waals surface area contributed by atoms with Gasteiger partial charge in [0.25, 0.3) is 0 Å². The molecule has 1 aliphatic heterocycles. The first kappa shape index (κ1) is 26.5. The highest BCUT2D eigenvalue weighted by Crippen LogP contribution is 2.39. The van der Waals surface area contributed by atoms with Gasteiger partial charge in [0.2, 0.25) is 0 Å². The summed E-state index contributed by atoms with van der Waals surface area (Å²) in [4.78, 5) is 23.3. The first-order valence-electron chi connectivity index (χ1n) is 13.0. The van der Waals surface area contributed by atoms with Crippen LogP contribution in [0.3, 0.4) is 0 Å². The van der Waals surface area contributed by atoms with Crippen molar-refractivity contribution in [2.75, 3.05) is 36.5 Å². The van der Waals surface area contributed by atoms with E-state index in [2.05, 4.69) is 55.0 Å². The van der Waals surface area contributed by atoms with Gasteiger partial charge in [0.15, 0.2) is 0 Å². The normalized spacial score (nSPS) is 14.9. The van der Waals surface area contributed by atoms with Crippen molar-refractivity contribution in [3.8, 4) is 17.0 Å². The molecule has 3 heterocycles. The number of hydrogen-bond acceptors (Lipinski definition) is 6. The minimum Gasteiger partial charge on any atom is -0.492 e. The Balaban J connectivity index is 1.49. The van der Waals surface area contributed by atoms with Crippen LogP contribution in [0.5, 0.6) is 5.75 Å². The molecule has 2 aromatic heterocycles. The molecule has 1 saturated heterocycles. The van der Waals surface area contributed by atoms with Crippen LogP contribution in [0.1, 0.15) is 49.1 Å². The average Bonchev–Trinajstić information content (AvgIpc) is 2.86. The maximum Gasteiger partial charge on any atom is 0.307 e. The number of anilines is 2. The van der Waals surface area contributed by atoms with Crippen molar-refractivity contribution in [2.45, 2.75) is 53.9 Å². The average molecular weight is 503 g/mol. The van der Waals surface area contributed by atoms with Crippen molar-refractivity contribution in [1.29, 1.82) is 0 Å². The fraction of sp³-hybridized carbons (Fsp3) is 0.433. The highest BCUT2D eigenvalue weighted by atomic mass is 16.5. The van der Waals surface area contributed by atoms with Gasteiger partial charge in [-0.3, -0.25) is 14.8 Å². The highest BCUT2D eigenvalue weighted by molar-refractivity contribution is 5.83. The Kier molecular flexibility index (Phi) is 8.00. The molecule has 0 amide bonds. The number of aliphatic carboxylic acids is 1. The van der Waals surface area contributed by atoms with E-state index in [1.807, 2.05) is 37.5 Å². The van der Waals surface area contributed by atoms with Crippen LogP contribution >= 0.6 is 0 Å². The van der Waals surface area contributed by atoms with Gasteiger partial charge in [-0.15, -0.1) is 0 Å². The lowest BCUT2D eigenvalue weighted by Gasteiger charge is -2.40.